The van der Waals surface area contributed by atoms with Crippen LogP contribution in [0, 0.1) is 6.92 Å². The molecule has 0 bridgehead atoms. The van der Waals surface area contributed by atoms with Gasteiger partial charge in [-0.25, -0.2) is 17.9 Å². The number of hydrogen-bond acceptors (Lipinski definition) is 6. The number of ether oxygens (including phenoxy) is 1. The second-order valence-corrected chi connectivity index (χ2v) is 8.64. The van der Waals surface area contributed by atoms with Gasteiger partial charge in [-0.2, -0.15) is 0 Å². The van der Waals surface area contributed by atoms with Crippen LogP contribution >= 0.6 is 0 Å². The number of hydrogen-bond donors (Lipinski definition) is 1. The number of nitrogens with zero attached hydrogens (tertiary/aromatic N) is 3. The zero-order chi connectivity index (χ0) is 20.7. The van der Waals surface area contributed by atoms with Gasteiger partial charge in [-0.15, -0.1) is 0 Å². The van der Waals surface area contributed by atoms with Crippen LogP contribution in [0.1, 0.15) is 11.1 Å². The van der Waals surface area contributed by atoms with E-state index in [4.69, 9.17) is 4.74 Å². The van der Waals surface area contributed by atoms with Crippen LogP contribution < -0.4 is 4.72 Å². The van der Waals surface area contributed by atoms with E-state index in [0.29, 0.717) is 32.8 Å². The van der Waals surface area contributed by atoms with E-state index in [1.165, 1.54) is 17.0 Å². The van der Waals surface area contributed by atoms with Gasteiger partial charge in [0, 0.05) is 45.1 Å². The number of amides is 2. The molecule has 0 spiro atoms. The van der Waals surface area contributed by atoms with Gasteiger partial charge in [-0.05, 0) is 36.8 Å². The molecule has 1 saturated heterocycles. The van der Waals surface area contributed by atoms with E-state index < -0.39 is 16.1 Å². The van der Waals surface area contributed by atoms with Crippen LogP contribution in [-0.2, 0) is 21.3 Å². The molecule has 1 fully saturated rings. The average molecular weight is 419 g/mol. The molecule has 0 atom stereocenters. The molecule has 1 aliphatic rings. The van der Waals surface area contributed by atoms with E-state index in [0.717, 1.165) is 24.2 Å². The highest BCUT2D eigenvalue weighted by atomic mass is 32.2. The van der Waals surface area contributed by atoms with E-state index in [1.54, 1.807) is 24.5 Å². The van der Waals surface area contributed by atoms with Gasteiger partial charge in [-0.1, -0.05) is 17.7 Å². The van der Waals surface area contributed by atoms with Crippen molar-refractivity contribution in [2.45, 2.75) is 18.4 Å². The molecule has 156 valence electrons. The maximum absolute atomic E-state index is 12.9. The van der Waals surface area contributed by atoms with Crippen molar-refractivity contribution >= 4 is 16.1 Å². The van der Waals surface area contributed by atoms with Crippen LogP contribution in [0.4, 0.5) is 4.79 Å². The molecule has 0 saturated carbocycles. The molecular formula is C20H26N4O4S. The lowest BCUT2D eigenvalue weighted by Gasteiger charge is -2.30. The van der Waals surface area contributed by atoms with Crippen molar-refractivity contribution in [3.8, 4) is 0 Å². The van der Waals surface area contributed by atoms with Gasteiger partial charge in [0.05, 0.1) is 18.1 Å². The Morgan fingerprint density at radius 1 is 1.14 bits per heavy atom. The molecule has 0 radical (unpaired) electrons. The zero-order valence-corrected chi connectivity index (χ0v) is 17.3. The highest BCUT2D eigenvalue weighted by molar-refractivity contribution is 7.90. The van der Waals surface area contributed by atoms with E-state index in [2.05, 4.69) is 14.6 Å². The largest absolute Gasteiger partial charge is 0.379 e. The Labute approximate surface area is 171 Å². The predicted octanol–water partition coefficient (Wildman–Crippen LogP) is 1.62. The maximum Gasteiger partial charge on any atom is 0.331 e. The Hall–Kier alpha value is -2.49. The van der Waals surface area contributed by atoms with Gasteiger partial charge in [-0.3, -0.25) is 9.88 Å². The molecule has 1 aromatic carbocycles. The molecule has 3 rings (SSSR count). The summed E-state index contributed by atoms with van der Waals surface area (Å²) in [4.78, 5) is 20.6. The van der Waals surface area contributed by atoms with Crippen molar-refractivity contribution in [3.63, 3.8) is 0 Å². The minimum Gasteiger partial charge on any atom is -0.379 e. The number of benzene rings is 1. The van der Waals surface area contributed by atoms with Gasteiger partial charge in [0.25, 0.3) is 10.0 Å². The second-order valence-electron chi connectivity index (χ2n) is 6.95. The smallest absolute Gasteiger partial charge is 0.331 e. The van der Waals surface area contributed by atoms with E-state index in [1.807, 2.05) is 19.1 Å². The molecule has 1 aromatic heterocycles. The Kier molecular flexibility index (Phi) is 7.18. The van der Waals surface area contributed by atoms with Crippen molar-refractivity contribution in [2.75, 3.05) is 39.4 Å². The Bertz CT molecular complexity index is 898. The van der Waals surface area contributed by atoms with Crippen molar-refractivity contribution in [3.05, 3.63) is 59.9 Å². The fourth-order valence-corrected chi connectivity index (χ4v) is 3.97. The third-order valence-corrected chi connectivity index (χ3v) is 6.09. The molecule has 8 nitrogen and oxygen atoms in total. The number of aryl methyl sites for hydroxylation is 1. The topological polar surface area (TPSA) is 91.8 Å². The van der Waals surface area contributed by atoms with E-state index in [-0.39, 0.29) is 4.90 Å². The number of carbonyl (C=O) groups excluding carboxylic acids is 1. The Morgan fingerprint density at radius 3 is 2.45 bits per heavy atom. The summed E-state index contributed by atoms with van der Waals surface area (Å²) < 4.78 is 32.8. The molecule has 29 heavy (non-hydrogen) atoms. The Balaban J connectivity index is 1.70. The number of urea groups is 1. The normalized spacial score (nSPS) is 15.1. The first-order valence-electron chi connectivity index (χ1n) is 9.51. The van der Waals surface area contributed by atoms with Crippen molar-refractivity contribution in [2.24, 2.45) is 0 Å². The van der Waals surface area contributed by atoms with Gasteiger partial charge >= 0.3 is 6.03 Å². The lowest BCUT2D eigenvalue weighted by atomic mass is 10.2. The maximum atomic E-state index is 12.9. The minimum absolute atomic E-state index is 0.0634. The van der Waals surface area contributed by atoms with Crippen molar-refractivity contribution < 1.29 is 17.9 Å². The third-order valence-electron chi connectivity index (χ3n) is 4.75. The van der Waals surface area contributed by atoms with Gasteiger partial charge in [0.2, 0.25) is 0 Å². The van der Waals surface area contributed by atoms with Crippen LogP contribution in [0.5, 0.6) is 0 Å². The molecule has 1 aliphatic heterocycles. The molecule has 2 heterocycles. The van der Waals surface area contributed by atoms with Crippen LogP contribution in [-0.4, -0.2) is 68.6 Å². The summed E-state index contributed by atoms with van der Waals surface area (Å²) in [6.07, 6.45) is 3.30. The summed E-state index contributed by atoms with van der Waals surface area (Å²) >= 11 is 0. The summed E-state index contributed by atoms with van der Waals surface area (Å²) in [5, 5.41) is 0. The predicted molar refractivity (Wildman–Crippen MR) is 109 cm³/mol. The molecule has 1 N–H and O–H groups in total. The van der Waals surface area contributed by atoms with Crippen LogP contribution in [0.15, 0.2) is 53.7 Å². The first-order chi connectivity index (χ1) is 13.9. The molecule has 2 aromatic rings. The number of morpholine rings is 1. The fourth-order valence-electron chi connectivity index (χ4n) is 3.00. The van der Waals surface area contributed by atoms with E-state index in [9.17, 15) is 13.2 Å². The third kappa shape index (κ3) is 6.25. The number of pyridine rings is 1. The van der Waals surface area contributed by atoms with Crippen LogP contribution in [0.3, 0.4) is 0 Å². The summed E-state index contributed by atoms with van der Waals surface area (Å²) in [6.45, 7) is 6.14. The number of rotatable bonds is 7. The summed E-state index contributed by atoms with van der Waals surface area (Å²) in [5.41, 5.74) is 1.82. The lowest BCUT2D eigenvalue weighted by Crippen LogP contribution is -2.47. The number of sulfonamides is 1. The molecular weight excluding hydrogens is 392 g/mol. The summed E-state index contributed by atoms with van der Waals surface area (Å²) in [5.74, 6) is 0. The molecule has 2 amide bonds. The number of nitrogens with one attached hydrogen (secondary N) is 1. The second kappa shape index (κ2) is 9.82. The van der Waals surface area contributed by atoms with Crippen molar-refractivity contribution in [1.82, 2.24) is 19.5 Å². The average Bonchev–Trinajstić information content (AvgIpc) is 2.72. The zero-order valence-electron chi connectivity index (χ0n) is 16.5. The molecule has 9 heteroatoms. The SMILES string of the molecule is Cc1ccc(S(=O)(=O)NC(=O)N(CCN2CCOCC2)Cc2ccncc2)cc1. The summed E-state index contributed by atoms with van der Waals surface area (Å²) in [7, 11) is -3.94. The highest BCUT2D eigenvalue weighted by Gasteiger charge is 2.23. The van der Waals surface area contributed by atoms with E-state index >= 15 is 0 Å². The van der Waals surface area contributed by atoms with Gasteiger partial charge in [0.15, 0.2) is 0 Å². The van der Waals surface area contributed by atoms with Crippen LogP contribution in [0.25, 0.3) is 0 Å². The first-order valence-corrected chi connectivity index (χ1v) is 11.0. The first kappa shape index (κ1) is 21.2. The minimum atomic E-state index is -3.94. The molecule has 0 unspecified atom stereocenters. The Morgan fingerprint density at radius 2 is 1.79 bits per heavy atom. The fraction of sp³-hybridized carbons (Fsp3) is 0.400. The quantitative estimate of drug-likeness (QED) is 0.735. The highest BCUT2D eigenvalue weighted by Crippen LogP contribution is 2.11. The lowest BCUT2D eigenvalue weighted by molar-refractivity contribution is 0.0347. The van der Waals surface area contributed by atoms with Crippen molar-refractivity contribution in [1.29, 1.82) is 0 Å². The van der Waals surface area contributed by atoms with Gasteiger partial charge < -0.3 is 9.64 Å². The monoisotopic (exact) mass is 418 g/mol. The summed E-state index contributed by atoms with van der Waals surface area (Å²) in [6, 6.07) is 9.36. The number of aromatic nitrogens is 1. The number of carbonyl (C=O) groups is 1. The van der Waals surface area contributed by atoms with Gasteiger partial charge in [0.1, 0.15) is 0 Å². The standard InChI is InChI=1S/C20H26N4O4S/c1-17-2-4-19(5-3-17)29(26,27)22-20(25)24(16-18-6-8-21-9-7-18)11-10-23-12-14-28-15-13-23/h2-9H,10-16H2,1H3,(H,22,25). The van der Waals surface area contributed by atoms with Crippen LogP contribution in [0.2, 0.25) is 0 Å². The molecule has 0 aliphatic carbocycles.